The summed E-state index contributed by atoms with van der Waals surface area (Å²) in [6, 6.07) is 9.91. The first-order valence-electron chi connectivity index (χ1n) is 8.40. The van der Waals surface area contributed by atoms with Crippen molar-refractivity contribution >= 4 is 17.7 Å². The largest absolute Gasteiger partial charge is 0.361 e. The lowest BCUT2D eigenvalue weighted by atomic mass is 9.73. The third kappa shape index (κ3) is 3.42. The number of nitrogens with zero attached hydrogens (tertiary/aromatic N) is 2. The number of piperidine rings is 2. The highest BCUT2D eigenvalue weighted by molar-refractivity contribution is 6.34. The summed E-state index contributed by atoms with van der Waals surface area (Å²) in [5.41, 5.74) is 6.12. The molecule has 2 N–H and O–H groups in total. The lowest BCUT2D eigenvalue weighted by Crippen LogP contribution is -2.56. The van der Waals surface area contributed by atoms with Crippen molar-refractivity contribution in [3.05, 3.63) is 35.9 Å². The molecule has 0 bridgehead atoms. The lowest BCUT2D eigenvalue weighted by molar-refractivity contribution is -0.149. The first kappa shape index (κ1) is 16.5. The molecule has 2 fully saturated rings. The van der Waals surface area contributed by atoms with Gasteiger partial charge in [-0.05, 0) is 24.8 Å². The Hall–Kier alpha value is -2.37. The number of hydrogen-bond donors (Lipinski definition) is 1. The molecular formula is C18H23N3O3. The summed E-state index contributed by atoms with van der Waals surface area (Å²) in [6.07, 6.45) is 3.06. The van der Waals surface area contributed by atoms with E-state index < -0.39 is 11.8 Å². The van der Waals surface area contributed by atoms with Crippen molar-refractivity contribution < 1.29 is 14.4 Å². The van der Waals surface area contributed by atoms with Crippen LogP contribution in [0.15, 0.2) is 30.3 Å². The summed E-state index contributed by atoms with van der Waals surface area (Å²) in [4.78, 5) is 38.9. The average molecular weight is 329 g/mol. The quantitative estimate of drug-likeness (QED) is 0.818. The normalized spacial score (nSPS) is 24.2. The second-order valence-corrected chi connectivity index (χ2v) is 6.93. The van der Waals surface area contributed by atoms with Gasteiger partial charge in [-0.1, -0.05) is 30.3 Å². The molecule has 1 aromatic rings. The standard InChI is InChI=1S/C18H23N3O3/c19-16(23)17(24)20-10-4-8-18(12-20)9-7-15(22)21(13-18)11-14-5-2-1-3-6-14/h1-3,5-6H,4,7-13H2,(H2,19,23)/t18-/m1/s1. The average Bonchev–Trinajstić information content (AvgIpc) is 2.59. The molecule has 2 aliphatic heterocycles. The highest BCUT2D eigenvalue weighted by atomic mass is 16.2. The number of carbonyl (C=O) groups is 3. The third-order valence-electron chi connectivity index (χ3n) is 5.12. The summed E-state index contributed by atoms with van der Waals surface area (Å²) in [5.74, 6) is -1.36. The van der Waals surface area contributed by atoms with E-state index in [4.69, 9.17) is 5.73 Å². The molecule has 3 rings (SSSR count). The smallest absolute Gasteiger partial charge is 0.311 e. The van der Waals surface area contributed by atoms with E-state index in [1.165, 1.54) is 0 Å². The lowest BCUT2D eigenvalue weighted by Gasteiger charge is -2.48. The molecule has 0 aliphatic carbocycles. The van der Waals surface area contributed by atoms with Crippen LogP contribution in [0.4, 0.5) is 0 Å². The molecule has 2 heterocycles. The molecule has 0 saturated carbocycles. The van der Waals surface area contributed by atoms with Crippen LogP contribution in [-0.2, 0) is 20.9 Å². The Bertz CT molecular complexity index is 646. The maximum atomic E-state index is 12.3. The summed E-state index contributed by atoms with van der Waals surface area (Å²) < 4.78 is 0. The minimum Gasteiger partial charge on any atom is -0.361 e. The van der Waals surface area contributed by atoms with Gasteiger partial charge >= 0.3 is 11.8 Å². The molecule has 2 saturated heterocycles. The van der Waals surface area contributed by atoms with Gasteiger partial charge in [-0.3, -0.25) is 14.4 Å². The van der Waals surface area contributed by atoms with Crippen LogP contribution >= 0.6 is 0 Å². The predicted octanol–water partition coefficient (Wildman–Crippen LogP) is 0.903. The molecule has 2 aliphatic rings. The fraction of sp³-hybridized carbons (Fsp3) is 0.500. The van der Waals surface area contributed by atoms with Gasteiger partial charge < -0.3 is 15.5 Å². The van der Waals surface area contributed by atoms with Crippen LogP contribution in [0.2, 0.25) is 0 Å². The van der Waals surface area contributed by atoms with E-state index in [2.05, 4.69) is 0 Å². The summed E-state index contributed by atoms with van der Waals surface area (Å²) >= 11 is 0. The van der Waals surface area contributed by atoms with E-state index in [0.717, 1.165) is 24.8 Å². The molecule has 0 aromatic heterocycles. The number of benzene rings is 1. The van der Waals surface area contributed by atoms with Crippen LogP contribution in [0.25, 0.3) is 0 Å². The van der Waals surface area contributed by atoms with Gasteiger partial charge in [0.15, 0.2) is 0 Å². The molecule has 6 nitrogen and oxygen atoms in total. The minimum atomic E-state index is -0.903. The summed E-state index contributed by atoms with van der Waals surface area (Å²) in [7, 11) is 0. The molecule has 1 aromatic carbocycles. The number of amides is 3. The zero-order valence-corrected chi connectivity index (χ0v) is 13.7. The number of hydrogen-bond acceptors (Lipinski definition) is 3. The van der Waals surface area contributed by atoms with Crippen molar-refractivity contribution in [2.75, 3.05) is 19.6 Å². The molecule has 1 atom stereocenters. The number of likely N-dealkylation sites (tertiary alicyclic amines) is 2. The first-order valence-corrected chi connectivity index (χ1v) is 8.40. The number of rotatable bonds is 2. The monoisotopic (exact) mass is 329 g/mol. The zero-order valence-electron chi connectivity index (χ0n) is 13.7. The molecular weight excluding hydrogens is 306 g/mol. The first-order chi connectivity index (χ1) is 11.5. The highest BCUT2D eigenvalue weighted by Gasteiger charge is 2.43. The van der Waals surface area contributed by atoms with Gasteiger partial charge in [0.2, 0.25) is 5.91 Å². The second-order valence-electron chi connectivity index (χ2n) is 6.93. The van der Waals surface area contributed by atoms with Crippen LogP contribution < -0.4 is 5.73 Å². The minimum absolute atomic E-state index is 0.119. The summed E-state index contributed by atoms with van der Waals surface area (Å²) in [6.45, 7) is 2.29. The number of nitrogens with two attached hydrogens (primary N) is 1. The molecule has 24 heavy (non-hydrogen) atoms. The SMILES string of the molecule is NC(=O)C(=O)N1CCC[C@@]2(CCC(=O)N(Cc3ccccc3)C2)C1. The molecule has 3 amide bonds. The third-order valence-corrected chi connectivity index (χ3v) is 5.12. The number of carbonyl (C=O) groups excluding carboxylic acids is 3. The van der Waals surface area contributed by atoms with Crippen LogP contribution in [0.5, 0.6) is 0 Å². The molecule has 0 unspecified atom stereocenters. The van der Waals surface area contributed by atoms with E-state index in [9.17, 15) is 14.4 Å². The Morgan fingerprint density at radius 2 is 1.88 bits per heavy atom. The fourth-order valence-electron chi connectivity index (χ4n) is 3.92. The summed E-state index contributed by atoms with van der Waals surface area (Å²) in [5, 5.41) is 0. The Labute approximate surface area is 141 Å². The molecule has 1 spiro atoms. The predicted molar refractivity (Wildman–Crippen MR) is 88.5 cm³/mol. The van der Waals surface area contributed by atoms with Crippen molar-refractivity contribution in [2.45, 2.75) is 32.2 Å². The van der Waals surface area contributed by atoms with Crippen molar-refractivity contribution in [1.29, 1.82) is 0 Å². The van der Waals surface area contributed by atoms with Gasteiger partial charge in [-0.25, -0.2) is 0 Å². The van der Waals surface area contributed by atoms with E-state index in [0.29, 0.717) is 32.6 Å². The van der Waals surface area contributed by atoms with E-state index in [1.807, 2.05) is 35.2 Å². The number of primary amides is 1. The van der Waals surface area contributed by atoms with Crippen molar-refractivity contribution in [3.8, 4) is 0 Å². The maximum Gasteiger partial charge on any atom is 0.311 e. The van der Waals surface area contributed by atoms with Gasteiger partial charge in [0, 0.05) is 38.0 Å². The Morgan fingerprint density at radius 1 is 1.12 bits per heavy atom. The highest BCUT2D eigenvalue weighted by Crippen LogP contribution is 2.39. The molecule has 0 radical (unpaired) electrons. The Kier molecular flexibility index (Phi) is 4.55. The second kappa shape index (κ2) is 6.63. The maximum absolute atomic E-state index is 12.3. The van der Waals surface area contributed by atoms with Crippen molar-refractivity contribution in [3.63, 3.8) is 0 Å². The van der Waals surface area contributed by atoms with E-state index >= 15 is 0 Å². The van der Waals surface area contributed by atoms with Crippen LogP contribution in [0.1, 0.15) is 31.2 Å². The van der Waals surface area contributed by atoms with Gasteiger partial charge in [0.25, 0.3) is 0 Å². The van der Waals surface area contributed by atoms with Gasteiger partial charge in [-0.2, -0.15) is 0 Å². The van der Waals surface area contributed by atoms with E-state index in [1.54, 1.807) is 4.90 Å². The zero-order chi connectivity index (χ0) is 17.2. The van der Waals surface area contributed by atoms with Gasteiger partial charge in [0.05, 0.1) is 0 Å². The van der Waals surface area contributed by atoms with Crippen LogP contribution in [0, 0.1) is 5.41 Å². The van der Waals surface area contributed by atoms with Crippen LogP contribution in [-0.4, -0.2) is 47.2 Å². The van der Waals surface area contributed by atoms with Crippen molar-refractivity contribution in [2.24, 2.45) is 11.1 Å². The van der Waals surface area contributed by atoms with Crippen molar-refractivity contribution in [1.82, 2.24) is 9.80 Å². The van der Waals surface area contributed by atoms with E-state index in [-0.39, 0.29) is 11.3 Å². The fourth-order valence-corrected chi connectivity index (χ4v) is 3.92. The van der Waals surface area contributed by atoms with Crippen LogP contribution in [0.3, 0.4) is 0 Å². The topological polar surface area (TPSA) is 83.7 Å². The van der Waals surface area contributed by atoms with Gasteiger partial charge in [0.1, 0.15) is 0 Å². The molecule has 6 heteroatoms. The van der Waals surface area contributed by atoms with Gasteiger partial charge in [-0.15, -0.1) is 0 Å². The Balaban J connectivity index is 1.72. The Morgan fingerprint density at radius 3 is 2.58 bits per heavy atom. The molecule has 128 valence electrons.